The molecule has 4 aromatic rings. The predicted molar refractivity (Wildman–Crippen MR) is 103 cm³/mol. The summed E-state index contributed by atoms with van der Waals surface area (Å²) in [6.07, 6.45) is 1.60. The molecule has 0 spiro atoms. The molecule has 26 heavy (non-hydrogen) atoms. The van der Waals surface area contributed by atoms with Crippen molar-refractivity contribution < 1.29 is 4.79 Å². The quantitative estimate of drug-likeness (QED) is 0.524. The summed E-state index contributed by atoms with van der Waals surface area (Å²) in [4.78, 5) is 24.1. The van der Waals surface area contributed by atoms with E-state index in [4.69, 9.17) is 0 Å². The number of hydrogen-bond acceptors (Lipinski definition) is 4. The molecule has 0 fully saturated rings. The van der Waals surface area contributed by atoms with E-state index in [9.17, 15) is 4.79 Å². The number of carbonyl (C=O) groups is 1. The average Bonchev–Trinajstić information content (AvgIpc) is 3.12. The Labute approximate surface area is 150 Å². The first kappa shape index (κ1) is 15.8. The normalized spacial score (nSPS) is 10.7. The molecule has 0 saturated carbocycles. The fraction of sp³-hybridized carbons (Fsp3) is 0.0500. The summed E-state index contributed by atoms with van der Waals surface area (Å²) in [5.74, 6) is 0.553. The van der Waals surface area contributed by atoms with Gasteiger partial charge in [-0.15, -0.1) is 0 Å². The maximum absolute atomic E-state index is 12.1. The monoisotopic (exact) mass is 343 g/mol. The van der Waals surface area contributed by atoms with Crippen LogP contribution in [-0.4, -0.2) is 27.9 Å². The maximum Gasteiger partial charge on any atom is 0.274 e. The van der Waals surface area contributed by atoms with Gasteiger partial charge in [-0.05, 0) is 54.6 Å². The van der Waals surface area contributed by atoms with Gasteiger partial charge in [0, 0.05) is 30.2 Å². The van der Waals surface area contributed by atoms with Crippen LogP contribution in [-0.2, 0) is 0 Å². The fourth-order valence-corrected chi connectivity index (χ4v) is 2.71. The first-order valence-electron chi connectivity index (χ1n) is 8.23. The van der Waals surface area contributed by atoms with Crippen LogP contribution in [0.25, 0.3) is 22.4 Å². The molecular weight excluding hydrogens is 326 g/mol. The molecule has 0 aliphatic rings. The van der Waals surface area contributed by atoms with E-state index in [-0.39, 0.29) is 5.91 Å². The van der Waals surface area contributed by atoms with Crippen molar-refractivity contribution in [3.05, 3.63) is 72.6 Å². The lowest BCUT2D eigenvalue weighted by Crippen LogP contribution is -2.13. The van der Waals surface area contributed by atoms with Gasteiger partial charge in [0.25, 0.3) is 5.91 Å². The molecule has 2 aromatic heterocycles. The number of hydrogen-bond donors (Lipinski definition) is 3. The molecular formula is C20H17N5O. The summed E-state index contributed by atoms with van der Waals surface area (Å²) in [5, 5.41) is 5.95. The topological polar surface area (TPSA) is 82.7 Å². The van der Waals surface area contributed by atoms with Gasteiger partial charge in [0.2, 0.25) is 0 Å². The van der Waals surface area contributed by atoms with Crippen LogP contribution in [0.2, 0.25) is 0 Å². The number of nitrogens with zero attached hydrogens (tertiary/aromatic N) is 2. The van der Waals surface area contributed by atoms with E-state index in [1.165, 1.54) is 0 Å². The summed E-state index contributed by atoms with van der Waals surface area (Å²) in [6.45, 7) is 0. The minimum Gasteiger partial charge on any atom is -0.388 e. The van der Waals surface area contributed by atoms with Gasteiger partial charge in [-0.2, -0.15) is 0 Å². The van der Waals surface area contributed by atoms with E-state index in [1.807, 2.05) is 49.5 Å². The molecule has 3 N–H and O–H groups in total. The largest absolute Gasteiger partial charge is 0.388 e. The Hall–Kier alpha value is -3.67. The minimum absolute atomic E-state index is 0.235. The zero-order valence-electron chi connectivity index (χ0n) is 14.2. The van der Waals surface area contributed by atoms with Crippen LogP contribution < -0.4 is 10.6 Å². The Morgan fingerprint density at radius 1 is 1.00 bits per heavy atom. The third-order valence-corrected chi connectivity index (χ3v) is 4.08. The molecule has 0 aliphatic carbocycles. The molecule has 6 nitrogen and oxygen atoms in total. The number of imidazole rings is 1. The van der Waals surface area contributed by atoms with Crippen LogP contribution in [0.1, 0.15) is 10.5 Å². The smallest absolute Gasteiger partial charge is 0.274 e. The number of anilines is 2. The lowest BCUT2D eigenvalue weighted by Gasteiger charge is -2.05. The third-order valence-electron chi connectivity index (χ3n) is 4.08. The van der Waals surface area contributed by atoms with Gasteiger partial charge in [0.05, 0.1) is 11.0 Å². The second kappa shape index (κ2) is 6.68. The number of H-pyrrole nitrogens is 1. The van der Waals surface area contributed by atoms with Gasteiger partial charge in [-0.3, -0.25) is 9.78 Å². The van der Waals surface area contributed by atoms with Crippen LogP contribution in [0.3, 0.4) is 0 Å². The van der Waals surface area contributed by atoms with Crippen LogP contribution >= 0.6 is 0 Å². The highest BCUT2D eigenvalue weighted by molar-refractivity contribution is 6.02. The van der Waals surface area contributed by atoms with Crippen molar-refractivity contribution in [1.82, 2.24) is 15.0 Å². The molecule has 1 amide bonds. The van der Waals surface area contributed by atoms with Gasteiger partial charge in [0.1, 0.15) is 11.5 Å². The minimum atomic E-state index is -0.235. The Bertz CT molecular complexity index is 1050. The summed E-state index contributed by atoms with van der Waals surface area (Å²) >= 11 is 0. The molecule has 0 atom stereocenters. The number of carbonyl (C=O) groups excluding carboxylic acids is 1. The van der Waals surface area contributed by atoms with Crippen molar-refractivity contribution in [2.24, 2.45) is 0 Å². The number of pyridine rings is 1. The number of fused-ring (bicyclic) bond motifs is 1. The molecule has 0 unspecified atom stereocenters. The highest BCUT2D eigenvalue weighted by atomic mass is 16.1. The number of aromatic amines is 1. The van der Waals surface area contributed by atoms with E-state index < -0.39 is 0 Å². The molecule has 128 valence electrons. The molecule has 2 aromatic carbocycles. The van der Waals surface area contributed by atoms with Gasteiger partial charge in [-0.25, -0.2) is 4.98 Å². The van der Waals surface area contributed by atoms with Crippen molar-refractivity contribution in [1.29, 1.82) is 0 Å². The van der Waals surface area contributed by atoms with Crippen LogP contribution in [0.4, 0.5) is 11.4 Å². The molecule has 0 bridgehead atoms. The Morgan fingerprint density at radius 2 is 1.81 bits per heavy atom. The molecule has 6 heteroatoms. The van der Waals surface area contributed by atoms with E-state index in [1.54, 1.807) is 24.4 Å². The molecule has 4 rings (SSSR count). The summed E-state index contributed by atoms with van der Waals surface area (Å²) in [6, 6.07) is 18.8. The van der Waals surface area contributed by atoms with Gasteiger partial charge >= 0.3 is 0 Å². The van der Waals surface area contributed by atoms with Crippen LogP contribution in [0.5, 0.6) is 0 Å². The van der Waals surface area contributed by atoms with Crippen molar-refractivity contribution in [3.63, 3.8) is 0 Å². The lowest BCUT2D eigenvalue weighted by atomic mass is 10.2. The van der Waals surface area contributed by atoms with Crippen molar-refractivity contribution in [2.45, 2.75) is 0 Å². The summed E-state index contributed by atoms with van der Waals surface area (Å²) in [7, 11) is 1.89. The van der Waals surface area contributed by atoms with E-state index >= 15 is 0 Å². The Balaban J connectivity index is 1.55. The molecule has 2 heterocycles. The summed E-state index contributed by atoms with van der Waals surface area (Å²) < 4.78 is 0. The van der Waals surface area contributed by atoms with Crippen molar-refractivity contribution in [3.8, 4) is 11.4 Å². The predicted octanol–water partition coefficient (Wildman–Crippen LogP) is 3.92. The maximum atomic E-state index is 12.1. The van der Waals surface area contributed by atoms with Crippen molar-refractivity contribution >= 4 is 28.3 Å². The molecule has 0 radical (unpaired) electrons. The standard InChI is InChI=1S/C20H17N5O/c1-21-15-9-10-16-18(12-15)25-19(24-16)13-5-7-14(8-6-13)23-20(26)17-4-2-3-11-22-17/h2-12,21H,1H3,(H,23,26)(H,24,25). The summed E-state index contributed by atoms with van der Waals surface area (Å²) in [5.41, 5.74) is 4.95. The third kappa shape index (κ3) is 3.12. The van der Waals surface area contributed by atoms with E-state index in [2.05, 4.69) is 25.6 Å². The first-order valence-corrected chi connectivity index (χ1v) is 8.23. The Morgan fingerprint density at radius 3 is 2.54 bits per heavy atom. The fourth-order valence-electron chi connectivity index (χ4n) is 2.71. The van der Waals surface area contributed by atoms with Crippen LogP contribution in [0, 0.1) is 0 Å². The SMILES string of the molecule is CNc1ccc2nc(-c3ccc(NC(=O)c4ccccn4)cc3)[nH]c2c1. The lowest BCUT2D eigenvalue weighted by molar-refractivity contribution is 0.102. The number of nitrogens with one attached hydrogen (secondary N) is 3. The van der Waals surface area contributed by atoms with Gasteiger partial charge < -0.3 is 15.6 Å². The second-order valence-corrected chi connectivity index (χ2v) is 5.81. The van der Waals surface area contributed by atoms with Crippen molar-refractivity contribution in [2.75, 3.05) is 17.7 Å². The van der Waals surface area contributed by atoms with Crippen LogP contribution in [0.15, 0.2) is 66.9 Å². The molecule has 0 aliphatic heterocycles. The second-order valence-electron chi connectivity index (χ2n) is 5.81. The number of aromatic nitrogens is 3. The first-order chi connectivity index (χ1) is 12.7. The van der Waals surface area contributed by atoms with E-state index in [0.717, 1.165) is 28.1 Å². The highest BCUT2D eigenvalue weighted by Gasteiger charge is 2.09. The number of benzene rings is 2. The molecule has 0 saturated heterocycles. The van der Waals surface area contributed by atoms with Gasteiger partial charge in [-0.1, -0.05) is 6.07 Å². The number of rotatable bonds is 4. The zero-order chi connectivity index (χ0) is 17.9. The average molecular weight is 343 g/mol. The number of amides is 1. The Kier molecular flexibility index (Phi) is 4.07. The van der Waals surface area contributed by atoms with E-state index in [0.29, 0.717) is 11.4 Å². The zero-order valence-corrected chi connectivity index (χ0v) is 14.2. The highest BCUT2D eigenvalue weighted by Crippen LogP contribution is 2.24. The van der Waals surface area contributed by atoms with Gasteiger partial charge in [0.15, 0.2) is 0 Å².